The quantitative estimate of drug-likeness (QED) is 0.740. The lowest BCUT2D eigenvalue weighted by Gasteiger charge is -2.13. The first-order valence-electron chi connectivity index (χ1n) is 8.38. The number of amides is 1. The number of hydrogen-bond donors (Lipinski definition) is 1. The molecular formula is C20H19F2N3O. The van der Waals surface area contributed by atoms with Crippen molar-refractivity contribution in [3.05, 3.63) is 72.3 Å². The third-order valence-electron chi connectivity index (χ3n) is 4.26. The van der Waals surface area contributed by atoms with Gasteiger partial charge in [0.1, 0.15) is 5.69 Å². The highest BCUT2D eigenvalue weighted by atomic mass is 19.2. The molecule has 4 nitrogen and oxygen atoms in total. The van der Waals surface area contributed by atoms with E-state index in [0.29, 0.717) is 11.3 Å². The summed E-state index contributed by atoms with van der Waals surface area (Å²) in [5, 5.41) is 2.91. The molecular weight excluding hydrogens is 336 g/mol. The first-order chi connectivity index (χ1) is 12.5. The number of carbonyl (C=O) groups excluding carboxylic acids is 1. The second-order valence-corrected chi connectivity index (χ2v) is 6.11. The summed E-state index contributed by atoms with van der Waals surface area (Å²) in [6, 6.07) is 11.0. The zero-order valence-electron chi connectivity index (χ0n) is 14.5. The second-order valence-electron chi connectivity index (χ2n) is 6.11. The van der Waals surface area contributed by atoms with Crippen molar-refractivity contribution < 1.29 is 13.6 Å². The molecule has 0 bridgehead atoms. The Bertz CT molecular complexity index is 919. The molecule has 0 aliphatic carbocycles. The fourth-order valence-electron chi connectivity index (χ4n) is 2.56. The largest absolute Gasteiger partial charge is 0.348 e. The van der Waals surface area contributed by atoms with E-state index >= 15 is 0 Å². The molecule has 3 aromatic rings. The van der Waals surface area contributed by atoms with E-state index in [4.69, 9.17) is 0 Å². The predicted octanol–water partition coefficient (Wildman–Crippen LogP) is 4.35. The van der Waals surface area contributed by atoms with Gasteiger partial charge in [-0.2, -0.15) is 0 Å². The van der Waals surface area contributed by atoms with E-state index in [0.717, 1.165) is 29.8 Å². The monoisotopic (exact) mass is 355 g/mol. The predicted molar refractivity (Wildman–Crippen MR) is 96.1 cm³/mol. The van der Waals surface area contributed by atoms with Crippen LogP contribution in [0.25, 0.3) is 16.8 Å². The lowest BCUT2D eigenvalue weighted by molar-refractivity contribution is 0.0932. The van der Waals surface area contributed by atoms with E-state index in [1.807, 2.05) is 13.8 Å². The first-order valence-corrected chi connectivity index (χ1v) is 8.38. The summed E-state index contributed by atoms with van der Waals surface area (Å²) in [5.41, 5.74) is 2.52. The van der Waals surface area contributed by atoms with Crippen molar-refractivity contribution >= 4 is 5.91 Å². The molecule has 1 N–H and O–H groups in total. The van der Waals surface area contributed by atoms with Gasteiger partial charge in [0.05, 0.1) is 12.5 Å². The Kier molecular flexibility index (Phi) is 5.11. The molecule has 0 aliphatic rings. The number of rotatable bonds is 5. The smallest absolute Gasteiger partial charge is 0.270 e. The van der Waals surface area contributed by atoms with Crippen LogP contribution < -0.4 is 5.32 Å². The van der Waals surface area contributed by atoms with Crippen molar-refractivity contribution in [1.82, 2.24) is 14.9 Å². The van der Waals surface area contributed by atoms with Crippen LogP contribution in [0.3, 0.4) is 0 Å². The van der Waals surface area contributed by atoms with Crippen molar-refractivity contribution in [1.29, 1.82) is 0 Å². The number of benzene rings is 2. The molecule has 6 heteroatoms. The summed E-state index contributed by atoms with van der Waals surface area (Å²) < 4.78 is 28.2. The SMILES string of the molecule is CCC(C)NC(=O)c1cncn1-c1ccc(-c2ccc(F)c(F)c2)cc1. The molecule has 2 aromatic carbocycles. The normalized spacial score (nSPS) is 12.0. The number of halogens is 2. The molecule has 0 spiro atoms. The Morgan fingerprint density at radius 2 is 1.81 bits per heavy atom. The zero-order chi connectivity index (χ0) is 18.7. The Balaban J connectivity index is 1.87. The molecule has 1 amide bonds. The van der Waals surface area contributed by atoms with E-state index in [-0.39, 0.29) is 11.9 Å². The number of imidazole rings is 1. The second kappa shape index (κ2) is 7.47. The lowest BCUT2D eigenvalue weighted by Crippen LogP contribution is -2.33. The molecule has 1 aromatic heterocycles. The maximum absolute atomic E-state index is 13.4. The fraction of sp³-hybridized carbons (Fsp3) is 0.200. The minimum atomic E-state index is -0.884. The van der Waals surface area contributed by atoms with Crippen molar-refractivity contribution in [2.45, 2.75) is 26.3 Å². The van der Waals surface area contributed by atoms with Gasteiger partial charge in [0.25, 0.3) is 5.91 Å². The third kappa shape index (κ3) is 3.64. The molecule has 3 rings (SSSR count). The van der Waals surface area contributed by atoms with Gasteiger partial charge in [-0.05, 0) is 48.7 Å². The zero-order valence-corrected chi connectivity index (χ0v) is 14.5. The maximum atomic E-state index is 13.4. The topological polar surface area (TPSA) is 46.9 Å². The Morgan fingerprint density at radius 3 is 2.46 bits per heavy atom. The van der Waals surface area contributed by atoms with Gasteiger partial charge in [-0.1, -0.05) is 25.1 Å². The van der Waals surface area contributed by atoms with Gasteiger partial charge in [-0.25, -0.2) is 13.8 Å². The van der Waals surface area contributed by atoms with Crippen LogP contribution in [0, 0.1) is 11.6 Å². The minimum absolute atomic E-state index is 0.0709. The van der Waals surface area contributed by atoms with Crippen LogP contribution in [0.2, 0.25) is 0 Å². The lowest BCUT2D eigenvalue weighted by atomic mass is 10.1. The van der Waals surface area contributed by atoms with Crippen LogP contribution in [-0.4, -0.2) is 21.5 Å². The third-order valence-corrected chi connectivity index (χ3v) is 4.26. The Morgan fingerprint density at radius 1 is 1.12 bits per heavy atom. The summed E-state index contributed by atoms with van der Waals surface area (Å²) in [5.74, 6) is -1.95. The molecule has 134 valence electrons. The van der Waals surface area contributed by atoms with E-state index in [1.165, 1.54) is 12.3 Å². The van der Waals surface area contributed by atoms with Gasteiger partial charge in [-0.15, -0.1) is 0 Å². The summed E-state index contributed by atoms with van der Waals surface area (Å²) >= 11 is 0. The summed E-state index contributed by atoms with van der Waals surface area (Å²) in [6.45, 7) is 3.94. The van der Waals surface area contributed by atoms with Gasteiger partial charge >= 0.3 is 0 Å². The number of aromatic nitrogens is 2. The molecule has 0 fully saturated rings. The van der Waals surface area contributed by atoms with E-state index in [2.05, 4.69) is 10.3 Å². The highest BCUT2D eigenvalue weighted by Crippen LogP contribution is 2.23. The number of hydrogen-bond acceptors (Lipinski definition) is 2. The Labute approximate surface area is 150 Å². The Hall–Kier alpha value is -3.02. The van der Waals surface area contributed by atoms with Crippen LogP contribution in [0.1, 0.15) is 30.8 Å². The van der Waals surface area contributed by atoms with Crippen molar-refractivity contribution in [3.63, 3.8) is 0 Å². The molecule has 0 saturated heterocycles. The summed E-state index contributed by atoms with van der Waals surface area (Å²) in [6.07, 6.45) is 3.92. The van der Waals surface area contributed by atoms with E-state index in [1.54, 1.807) is 35.2 Å². The number of nitrogens with one attached hydrogen (secondary N) is 1. The van der Waals surface area contributed by atoms with E-state index < -0.39 is 11.6 Å². The van der Waals surface area contributed by atoms with Gasteiger partial charge in [-0.3, -0.25) is 9.36 Å². The van der Waals surface area contributed by atoms with Crippen molar-refractivity contribution in [2.75, 3.05) is 0 Å². The molecule has 0 aliphatic heterocycles. The van der Waals surface area contributed by atoms with Crippen LogP contribution in [0.15, 0.2) is 55.0 Å². The van der Waals surface area contributed by atoms with Crippen LogP contribution in [0.5, 0.6) is 0 Å². The molecule has 1 heterocycles. The highest BCUT2D eigenvalue weighted by Gasteiger charge is 2.15. The van der Waals surface area contributed by atoms with Gasteiger partial charge in [0.15, 0.2) is 11.6 Å². The minimum Gasteiger partial charge on any atom is -0.348 e. The molecule has 0 saturated carbocycles. The summed E-state index contributed by atoms with van der Waals surface area (Å²) in [4.78, 5) is 16.4. The molecule has 1 atom stereocenters. The average Bonchev–Trinajstić information content (AvgIpc) is 3.14. The van der Waals surface area contributed by atoms with Crippen molar-refractivity contribution in [3.8, 4) is 16.8 Å². The standard InChI is InChI=1S/C20H19F2N3O/c1-3-13(2)24-20(26)19-11-23-12-25(19)16-7-4-14(5-8-16)15-6-9-17(21)18(22)10-15/h4-13H,3H2,1-2H3,(H,24,26). The molecule has 0 radical (unpaired) electrons. The van der Waals surface area contributed by atoms with Crippen LogP contribution in [0.4, 0.5) is 8.78 Å². The number of carbonyl (C=O) groups is 1. The highest BCUT2D eigenvalue weighted by molar-refractivity contribution is 5.93. The maximum Gasteiger partial charge on any atom is 0.270 e. The van der Waals surface area contributed by atoms with Gasteiger partial charge in [0.2, 0.25) is 0 Å². The number of nitrogens with zero attached hydrogens (tertiary/aromatic N) is 2. The van der Waals surface area contributed by atoms with Gasteiger partial charge in [0, 0.05) is 11.7 Å². The van der Waals surface area contributed by atoms with Crippen LogP contribution in [-0.2, 0) is 0 Å². The fourth-order valence-corrected chi connectivity index (χ4v) is 2.56. The van der Waals surface area contributed by atoms with E-state index in [9.17, 15) is 13.6 Å². The molecule has 26 heavy (non-hydrogen) atoms. The van der Waals surface area contributed by atoms with Crippen molar-refractivity contribution in [2.24, 2.45) is 0 Å². The average molecular weight is 355 g/mol. The first kappa shape index (κ1) is 17.8. The van der Waals surface area contributed by atoms with Crippen LogP contribution >= 0.6 is 0 Å². The molecule has 1 unspecified atom stereocenters. The van der Waals surface area contributed by atoms with Gasteiger partial charge < -0.3 is 5.32 Å². The summed E-state index contributed by atoms with van der Waals surface area (Å²) in [7, 11) is 0.